The van der Waals surface area contributed by atoms with E-state index < -0.39 is 0 Å². The van der Waals surface area contributed by atoms with Gasteiger partial charge in [0, 0.05) is 12.0 Å². The third-order valence-corrected chi connectivity index (χ3v) is 4.09. The van der Waals surface area contributed by atoms with Crippen LogP contribution in [0.3, 0.4) is 0 Å². The van der Waals surface area contributed by atoms with Crippen LogP contribution in [0.2, 0.25) is 0 Å². The molecule has 1 aromatic rings. The van der Waals surface area contributed by atoms with Gasteiger partial charge in [-0.15, -0.1) is 0 Å². The van der Waals surface area contributed by atoms with Crippen molar-refractivity contribution in [1.82, 2.24) is 5.32 Å². The molecule has 1 aliphatic rings. The van der Waals surface area contributed by atoms with E-state index in [9.17, 15) is 4.39 Å². The molecule has 100 valence electrons. The van der Waals surface area contributed by atoms with Crippen molar-refractivity contribution in [2.45, 2.75) is 37.5 Å². The molecule has 1 aliphatic carbocycles. The lowest BCUT2D eigenvalue weighted by Gasteiger charge is -2.38. The Kier molecular flexibility index (Phi) is 4.23. The van der Waals surface area contributed by atoms with E-state index in [4.69, 9.17) is 4.74 Å². The second kappa shape index (κ2) is 5.70. The number of methoxy groups -OCH3 is 1. The summed E-state index contributed by atoms with van der Waals surface area (Å²) in [6.45, 7) is 0.915. The summed E-state index contributed by atoms with van der Waals surface area (Å²) in [5.41, 5.74) is 1.20. The van der Waals surface area contributed by atoms with Crippen molar-refractivity contribution in [2.24, 2.45) is 0 Å². The Hall–Kier alpha value is -1.09. The van der Waals surface area contributed by atoms with Crippen LogP contribution in [0.15, 0.2) is 18.2 Å². The van der Waals surface area contributed by atoms with E-state index >= 15 is 0 Å². The van der Waals surface area contributed by atoms with Crippen LogP contribution in [0.5, 0.6) is 5.75 Å². The van der Waals surface area contributed by atoms with Gasteiger partial charge in [-0.1, -0.05) is 25.3 Å². The molecule has 0 heterocycles. The normalized spacial score (nSPS) is 18.6. The summed E-state index contributed by atoms with van der Waals surface area (Å²) in [6.07, 6.45) is 6.04. The fourth-order valence-corrected chi connectivity index (χ4v) is 3.13. The number of hydrogen-bond acceptors (Lipinski definition) is 2. The number of nitrogens with one attached hydrogen (secondary N) is 1. The molecule has 0 aromatic heterocycles. The third-order valence-electron chi connectivity index (χ3n) is 4.09. The van der Waals surface area contributed by atoms with Crippen molar-refractivity contribution in [3.63, 3.8) is 0 Å². The van der Waals surface area contributed by atoms with E-state index in [2.05, 4.69) is 5.32 Å². The molecule has 18 heavy (non-hydrogen) atoms. The second-order valence-electron chi connectivity index (χ2n) is 5.22. The molecule has 0 unspecified atom stereocenters. The van der Waals surface area contributed by atoms with E-state index in [1.54, 1.807) is 12.1 Å². The second-order valence-corrected chi connectivity index (χ2v) is 5.22. The Balaban J connectivity index is 2.33. The minimum absolute atomic E-state index is 0.0973. The molecule has 2 rings (SSSR count). The standard InChI is InChI=1S/C15H22FNO/c1-17-11-15(8-4-3-5-9-15)12-6-7-14(18-2)13(16)10-12/h6-7,10,17H,3-5,8-9,11H2,1-2H3. The number of rotatable bonds is 4. The van der Waals surface area contributed by atoms with E-state index in [-0.39, 0.29) is 11.2 Å². The number of ether oxygens (including phenoxy) is 1. The monoisotopic (exact) mass is 251 g/mol. The van der Waals surface area contributed by atoms with Gasteiger partial charge in [0.1, 0.15) is 0 Å². The predicted molar refractivity (Wildman–Crippen MR) is 71.6 cm³/mol. The van der Waals surface area contributed by atoms with Crippen LogP contribution in [0.1, 0.15) is 37.7 Å². The van der Waals surface area contributed by atoms with Crippen LogP contribution in [0, 0.1) is 5.82 Å². The fraction of sp³-hybridized carbons (Fsp3) is 0.600. The maximum atomic E-state index is 13.9. The highest BCUT2D eigenvalue weighted by molar-refractivity contribution is 5.34. The molecule has 1 saturated carbocycles. The molecule has 2 nitrogen and oxygen atoms in total. The van der Waals surface area contributed by atoms with Gasteiger partial charge in [0.15, 0.2) is 11.6 Å². The van der Waals surface area contributed by atoms with E-state index in [1.165, 1.54) is 26.4 Å². The summed E-state index contributed by atoms with van der Waals surface area (Å²) in [4.78, 5) is 0. The lowest BCUT2D eigenvalue weighted by Crippen LogP contribution is -2.38. The third kappa shape index (κ3) is 2.51. The Morgan fingerprint density at radius 1 is 1.28 bits per heavy atom. The van der Waals surface area contributed by atoms with Gasteiger partial charge in [-0.2, -0.15) is 0 Å². The van der Waals surface area contributed by atoms with Gasteiger partial charge < -0.3 is 10.1 Å². The lowest BCUT2D eigenvalue weighted by atomic mass is 9.69. The van der Waals surface area contributed by atoms with Crippen LogP contribution in [-0.2, 0) is 5.41 Å². The molecular formula is C15H22FNO. The van der Waals surface area contributed by atoms with Crippen LogP contribution in [-0.4, -0.2) is 20.7 Å². The summed E-state index contributed by atoms with van der Waals surface area (Å²) in [5.74, 6) is 0.0743. The molecule has 0 amide bonds. The summed E-state index contributed by atoms with van der Waals surface area (Å²) in [6, 6.07) is 5.42. The summed E-state index contributed by atoms with van der Waals surface area (Å²) < 4.78 is 18.9. The number of benzene rings is 1. The Morgan fingerprint density at radius 2 is 2.00 bits per heavy atom. The first-order chi connectivity index (χ1) is 8.72. The zero-order valence-electron chi connectivity index (χ0n) is 11.3. The molecule has 0 bridgehead atoms. The van der Waals surface area contributed by atoms with E-state index in [1.807, 2.05) is 13.1 Å². The largest absolute Gasteiger partial charge is 0.494 e. The molecular weight excluding hydrogens is 229 g/mol. The summed E-state index contributed by atoms with van der Waals surface area (Å²) in [7, 11) is 3.47. The molecule has 3 heteroatoms. The highest BCUT2D eigenvalue weighted by Gasteiger charge is 2.33. The zero-order chi connectivity index (χ0) is 13.0. The molecule has 0 atom stereocenters. The van der Waals surface area contributed by atoms with Gasteiger partial charge in [-0.25, -0.2) is 4.39 Å². The van der Waals surface area contributed by atoms with Crippen molar-refractivity contribution >= 4 is 0 Å². The Morgan fingerprint density at radius 3 is 2.56 bits per heavy atom. The van der Waals surface area contributed by atoms with Gasteiger partial charge in [0.25, 0.3) is 0 Å². The first-order valence-electron chi connectivity index (χ1n) is 6.70. The first kappa shape index (κ1) is 13.3. The quantitative estimate of drug-likeness (QED) is 0.887. The fourth-order valence-electron chi connectivity index (χ4n) is 3.13. The van der Waals surface area contributed by atoms with Gasteiger partial charge in [-0.05, 0) is 37.6 Å². The van der Waals surface area contributed by atoms with Crippen molar-refractivity contribution in [1.29, 1.82) is 0 Å². The van der Waals surface area contributed by atoms with Crippen LogP contribution in [0.25, 0.3) is 0 Å². The molecule has 0 radical (unpaired) electrons. The molecule has 1 fully saturated rings. The van der Waals surface area contributed by atoms with Gasteiger partial charge in [0.05, 0.1) is 7.11 Å². The lowest BCUT2D eigenvalue weighted by molar-refractivity contribution is 0.284. The maximum absolute atomic E-state index is 13.9. The smallest absolute Gasteiger partial charge is 0.165 e. The molecule has 0 spiro atoms. The Bertz CT molecular complexity index is 394. The number of likely N-dealkylation sites (N-methyl/N-ethyl adjacent to an activating group) is 1. The van der Waals surface area contributed by atoms with Crippen molar-refractivity contribution in [3.8, 4) is 5.75 Å². The van der Waals surface area contributed by atoms with E-state index in [0.29, 0.717) is 5.75 Å². The van der Waals surface area contributed by atoms with Gasteiger partial charge in [0.2, 0.25) is 0 Å². The highest BCUT2D eigenvalue weighted by Crippen LogP contribution is 2.40. The maximum Gasteiger partial charge on any atom is 0.165 e. The zero-order valence-corrected chi connectivity index (χ0v) is 11.3. The van der Waals surface area contributed by atoms with E-state index in [0.717, 1.165) is 24.9 Å². The van der Waals surface area contributed by atoms with Gasteiger partial charge >= 0.3 is 0 Å². The van der Waals surface area contributed by atoms with Crippen LogP contribution >= 0.6 is 0 Å². The van der Waals surface area contributed by atoms with Crippen molar-refractivity contribution in [2.75, 3.05) is 20.7 Å². The highest BCUT2D eigenvalue weighted by atomic mass is 19.1. The predicted octanol–water partition coefficient (Wildman–Crippen LogP) is 3.26. The average Bonchev–Trinajstić information content (AvgIpc) is 2.40. The van der Waals surface area contributed by atoms with Gasteiger partial charge in [-0.3, -0.25) is 0 Å². The van der Waals surface area contributed by atoms with Crippen LogP contribution < -0.4 is 10.1 Å². The average molecular weight is 251 g/mol. The number of halogens is 1. The summed E-state index contributed by atoms with van der Waals surface area (Å²) in [5, 5.41) is 3.27. The molecule has 0 saturated heterocycles. The first-order valence-corrected chi connectivity index (χ1v) is 6.70. The van der Waals surface area contributed by atoms with Crippen molar-refractivity contribution < 1.29 is 9.13 Å². The molecule has 0 aliphatic heterocycles. The Labute approximate surface area is 109 Å². The molecule has 1 N–H and O–H groups in total. The summed E-state index contributed by atoms with van der Waals surface area (Å²) >= 11 is 0. The van der Waals surface area contributed by atoms with Crippen LogP contribution in [0.4, 0.5) is 4.39 Å². The minimum Gasteiger partial charge on any atom is -0.494 e. The molecule has 1 aromatic carbocycles. The topological polar surface area (TPSA) is 21.3 Å². The van der Waals surface area contributed by atoms with Crippen molar-refractivity contribution in [3.05, 3.63) is 29.6 Å². The minimum atomic E-state index is -0.254. The number of hydrogen-bond donors (Lipinski definition) is 1. The SMILES string of the molecule is CNCC1(c2ccc(OC)c(F)c2)CCCCC1.